The van der Waals surface area contributed by atoms with Crippen LogP contribution in [0.3, 0.4) is 0 Å². The molecule has 0 spiro atoms. The first-order chi connectivity index (χ1) is 8.46. The van der Waals surface area contributed by atoms with Crippen LogP contribution in [0.15, 0.2) is 24.3 Å². The van der Waals surface area contributed by atoms with Crippen molar-refractivity contribution in [1.82, 2.24) is 5.32 Å². The quantitative estimate of drug-likeness (QED) is 0.886. The van der Waals surface area contributed by atoms with Crippen LogP contribution < -0.4 is 5.32 Å². The molecule has 1 aliphatic carbocycles. The van der Waals surface area contributed by atoms with Gasteiger partial charge >= 0.3 is 0 Å². The molecule has 0 aromatic heterocycles. The van der Waals surface area contributed by atoms with E-state index in [4.69, 9.17) is 0 Å². The fourth-order valence-electron chi connectivity index (χ4n) is 2.29. The summed E-state index contributed by atoms with van der Waals surface area (Å²) in [6.07, 6.45) is 2.99. The minimum Gasteiger partial charge on any atom is -0.313 e. The third-order valence-corrected chi connectivity index (χ3v) is 4.33. The normalized spacial score (nSPS) is 23.7. The summed E-state index contributed by atoms with van der Waals surface area (Å²) in [5, 5.41) is 3.19. The van der Waals surface area contributed by atoms with Crippen molar-refractivity contribution in [1.29, 1.82) is 0 Å². The SMILES string of the molecule is CS(=O)(=O)CCNC1CC(c2ccccc2F)C1. The Kier molecular flexibility index (Phi) is 4.02. The highest BCUT2D eigenvalue weighted by atomic mass is 32.2. The van der Waals surface area contributed by atoms with E-state index in [1.54, 1.807) is 6.07 Å². The molecule has 0 atom stereocenters. The third-order valence-electron chi connectivity index (χ3n) is 3.39. The van der Waals surface area contributed by atoms with Crippen LogP contribution in [-0.2, 0) is 9.84 Å². The van der Waals surface area contributed by atoms with Gasteiger partial charge in [0.2, 0.25) is 0 Å². The first-order valence-corrected chi connectivity index (χ1v) is 8.17. The summed E-state index contributed by atoms with van der Waals surface area (Å²) in [5.41, 5.74) is 0.777. The van der Waals surface area contributed by atoms with E-state index in [2.05, 4.69) is 5.32 Å². The molecule has 1 N–H and O–H groups in total. The van der Waals surface area contributed by atoms with Crippen molar-refractivity contribution in [2.45, 2.75) is 24.8 Å². The van der Waals surface area contributed by atoms with Gasteiger partial charge in [0.25, 0.3) is 0 Å². The van der Waals surface area contributed by atoms with Crippen LogP contribution in [0.5, 0.6) is 0 Å². The Morgan fingerprint density at radius 3 is 2.61 bits per heavy atom. The highest BCUT2D eigenvalue weighted by Gasteiger charge is 2.31. The maximum absolute atomic E-state index is 13.5. The minimum atomic E-state index is -2.90. The number of sulfone groups is 1. The van der Waals surface area contributed by atoms with E-state index in [0.717, 1.165) is 18.4 Å². The fraction of sp³-hybridized carbons (Fsp3) is 0.538. The molecular weight excluding hydrogens is 253 g/mol. The molecule has 18 heavy (non-hydrogen) atoms. The lowest BCUT2D eigenvalue weighted by atomic mass is 9.75. The molecule has 0 saturated heterocycles. The van der Waals surface area contributed by atoms with E-state index >= 15 is 0 Å². The Bertz CT molecular complexity index is 509. The molecule has 0 unspecified atom stereocenters. The van der Waals surface area contributed by atoms with Crippen LogP contribution in [0.4, 0.5) is 4.39 Å². The second-order valence-electron chi connectivity index (χ2n) is 4.97. The molecule has 0 aliphatic heterocycles. The third kappa shape index (κ3) is 3.53. The van der Waals surface area contributed by atoms with Crippen molar-refractivity contribution in [3.63, 3.8) is 0 Å². The van der Waals surface area contributed by atoms with E-state index in [0.29, 0.717) is 12.6 Å². The summed E-state index contributed by atoms with van der Waals surface area (Å²) in [5.74, 6) is 0.285. The van der Waals surface area contributed by atoms with Gasteiger partial charge in [0.05, 0.1) is 5.75 Å². The Balaban J connectivity index is 1.76. The van der Waals surface area contributed by atoms with Gasteiger partial charge in [0, 0.05) is 18.8 Å². The highest BCUT2D eigenvalue weighted by Crippen LogP contribution is 2.37. The van der Waals surface area contributed by atoms with Crippen LogP contribution >= 0.6 is 0 Å². The van der Waals surface area contributed by atoms with Crippen molar-refractivity contribution < 1.29 is 12.8 Å². The molecule has 0 radical (unpaired) electrons. The Labute approximate surface area is 107 Å². The second-order valence-corrected chi connectivity index (χ2v) is 7.23. The molecule has 0 heterocycles. The molecule has 1 aliphatic rings. The van der Waals surface area contributed by atoms with E-state index in [1.807, 2.05) is 12.1 Å². The monoisotopic (exact) mass is 271 g/mol. The van der Waals surface area contributed by atoms with Gasteiger partial charge in [-0.05, 0) is 30.4 Å². The molecule has 1 saturated carbocycles. The van der Waals surface area contributed by atoms with E-state index in [-0.39, 0.29) is 17.5 Å². The lowest BCUT2D eigenvalue weighted by molar-refractivity contribution is 0.290. The Morgan fingerprint density at radius 1 is 1.33 bits per heavy atom. The van der Waals surface area contributed by atoms with Crippen LogP contribution in [0, 0.1) is 5.82 Å². The first kappa shape index (κ1) is 13.5. The van der Waals surface area contributed by atoms with E-state index in [9.17, 15) is 12.8 Å². The number of hydrogen-bond acceptors (Lipinski definition) is 3. The number of benzene rings is 1. The zero-order chi connectivity index (χ0) is 13.2. The topological polar surface area (TPSA) is 46.2 Å². The van der Waals surface area contributed by atoms with Crippen molar-refractivity contribution in [2.24, 2.45) is 0 Å². The molecule has 0 amide bonds. The van der Waals surface area contributed by atoms with E-state index in [1.165, 1.54) is 12.3 Å². The second kappa shape index (κ2) is 5.36. The molecule has 100 valence electrons. The first-order valence-electron chi connectivity index (χ1n) is 6.11. The average molecular weight is 271 g/mol. The van der Waals surface area contributed by atoms with Crippen LogP contribution in [0.1, 0.15) is 24.3 Å². The number of nitrogens with one attached hydrogen (secondary N) is 1. The van der Waals surface area contributed by atoms with Gasteiger partial charge in [0.1, 0.15) is 15.7 Å². The lowest BCUT2D eigenvalue weighted by Gasteiger charge is -2.36. The van der Waals surface area contributed by atoms with Gasteiger partial charge in [-0.2, -0.15) is 0 Å². The van der Waals surface area contributed by atoms with Gasteiger partial charge in [-0.15, -0.1) is 0 Å². The fourth-order valence-corrected chi connectivity index (χ4v) is 2.78. The maximum Gasteiger partial charge on any atom is 0.148 e. The van der Waals surface area contributed by atoms with Gasteiger partial charge in [-0.1, -0.05) is 18.2 Å². The number of rotatable bonds is 5. The summed E-state index contributed by atoms with van der Waals surface area (Å²) >= 11 is 0. The minimum absolute atomic E-state index is 0.142. The predicted molar refractivity (Wildman–Crippen MR) is 69.9 cm³/mol. The number of halogens is 1. The molecule has 2 rings (SSSR count). The summed E-state index contributed by atoms with van der Waals surface area (Å²) < 4.78 is 35.4. The molecule has 1 fully saturated rings. The van der Waals surface area contributed by atoms with Gasteiger partial charge < -0.3 is 5.32 Å². The molecule has 0 bridgehead atoms. The van der Waals surface area contributed by atoms with Crippen molar-refractivity contribution in [3.8, 4) is 0 Å². The van der Waals surface area contributed by atoms with Crippen LogP contribution in [-0.4, -0.2) is 33.0 Å². The van der Waals surface area contributed by atoms with Gasteiger partial charge in [-0.3, -0.25) is 0 Å². The van der Waals surface area contributed by atoms with Gasteiger partial charge in [0.15, 0.2) is 0 Å². The van der Waals surface area contributed by atoms with Crippen molar-refractivity contribution >= 4 is 9.84 Å². The predicted octanol–water partition coefficient (Wildman–Crippen LogP) is 1.71. The lowest BCUT2D eigenvalue weighted by Crippen LogP contribution is -2.42. The Morgan fingerprint density at radius 2 is 2.00 bits per heavy atom. The molecule has 1 aromatic rings. The summed E-state index contributed by atoms with van der Waals surface area (Å²) in [7, 11) is -2.90. The zero-order valence-corrected chi connectivity index (χ0v) is 11.2. The smallest absolute Gasteiger partial charge is 0.148 e. The van der Waals surface area contributed by atoms with E-state index < -0.39 is 9.84 Å². The Hall–Kier alpha value is -0.940. The van der Waals surface area contributed by atoms with Crippen molar-refractivity contribution in [3.05, 3.63) is 35.6 Å². The number of hydrogen-bond donors (Lipinski definition) is 1. The summed E-state index contributed by atoms with van der Waals surface area (Å²) in [6, 6.07) is 7.17. The molecule has 3 nitrogen and oxygen atoms in total. The summed E-state index contributed by atoms with van der Waals surface area (Å²) in [6.45, 7) is 0.480. The molecule has 5 heteroatoms. The average Bonchev–Trinajstić information content (AvgIpc) is 2.21. The molecule has 1 aromatic carbocycles. The maximum atomic E-state index is 13.5. The van der Waals surface area contributed by atoms with Gasteiger partial charge in [-0.25, -0.2) is 12.8 Å². The summed E-state index contributed by atoms with van der Waals surface area (Å²) in [4.78, 5) is 0. The largest absolute Gasteiger partial charge is 0.313 e. The highest BCUT2D eigenvalue weighted by molar-refractivity contribution is 7.90. The standard InChI is InChI=1S/C13H18FNO2S/c1-18(16,17)7-6-15-11-8-10(9-11)12-4-2-3-5-13(12)14/h2-5,10-11,15H,6-9H2,1H3. The van der Waals surface area contributed by atoms with Crippen LogP contribution in [0.2, 0.25) is 0 Å². The zero-order valence-electron chi connectivity index (χ0n) is 10.4. The molecular formula is C13H18FNO2S. The van der Waals surface area contributed by atoms with Crippen molar-refractivity contribution in [2.75, 3.05) is 18.6 Å². The van der Waals surface area contributed by atoms with Crippen LogP contribution in [0.25, 0.3) is 0 Å².